The van der Waals surface area contributed by atoms with Crippen molar-refractivity contribution >= 4 is 17.7 Å². The Bertz CT molecular complexity index is 967. The lowest BCUT2D eigenvalue weighted by Gasteiger charge is -2.33. The fourth-order valence-corrected chi connectivity index (χ4v) is 4.04. The molecule has 0 bridgehead atoms. The van der Waals surface area contributed by atoms with Gasteiger partial charge in [-0.25, -0.2) is 0 Å². The van der Waals surface area contributed by atoms with Gasteiger partial charge in [-0.3, -0.25) is 14.4 Å². The maximum Gasteiger partial charge on any atom is 0.253 e. The normalized spacial score (nSPS) is 15.0. The van der Waals surface area contributed by atoms with Gasteiger partial charge in [-0.2, -0.15) is 0 Å². The van der Waals surface area contributed by atoms with Crippen LogP contribution < -0.4 is 15.4 Å². The summed E-state index contributed by atoms with van der Waals surface area (Å²) in [5.41, 5.74) is 2.59. The van der Waals surface area contributed by atoms with Crippen LogP contribution >= 0.6 is 0 Å². The number of carbonyl (C=O) groups excluding carboxylic acids is 3. The van der Waals surface area contributed by atoms with Crippen molar-refractivity contribution in [1.29, 1.82) is 0 Å². The molecule has 1 aliphatic heterocycles. The third-order valence-corrected chi connectivity index (χ3v) is 5.70. The number of benzene rings is 2. The molecule has 1 saturated heterocycles. The first-order chi connectivity index (χ1) is 15.4. The van der Waals surface area contributed by atoms with Crippen molar-refractivity contribution in [3.05, 3.63) is 65.2 Å². The first kappa shape index (κ1) is 23.3. The molecule has 0 aromatic heterocycles. The highest BCUT2D eigenvalue weighted by atomic mass is 16.5. The molecule has 7 heteroatoms. The van der Waals surface area contributed by atoms with Crippen LogP contribution in [0.25, 0.3) is 0 Å². The highest BCUT2D eigenvalue weighted by molar-refractivity contribution is 5.94. The van der Waals surface area contributed by atoms with Crippen molar-refractivity contribution in [2.45, 2.75) is 45.2 Å². The summed E-state index contributed by atoms with van der Waals surface area (Å²) in [6.45, 7) is 4.52. The average molecular weight is 438 g/mol. The maximum absolute atomic E-state index is 13.0. The summed E-state index contributed by atoms with van der Waals surface area (Å²) < 4.78 is 5.38. The number of nitrogens with zero attached hydrogens (tertiary/aromatic N) is 1. The molecule has 0 saturated carbocycles. The van der Waals surface area contributed by atoms with E-state index in [0.29, 0.717) is 43.7 Å². The van der Waals surface area contributed by atoms with Gasteiger partial charge in [-0.1, -0.05) is 35.9 Å². The van der Waals surface area contributed by atoms with Crippen LogP contribution in [0.15, 0.2) is 48.5 Å². The second kappa shape index (κ2) is 10.8. The van der Waals surface area contributed by atoms with Gasteiger partial charge >= 0.3 is 0 Å². The molecule has 3 rings (SSSR count). The van der Waals surface area contributed by atoms with Crippen LogP contribution in [-0.2, 0) is 16.0 Å². The van der Waals surface area contributed by atoms with Crippen molar-refractivity contribution < 1.29 is 19.1 Å². The molecule has 2 aromatic carbocycles. The minimum Gasteiger partial charge on any atom is -0.496 e. The summed E-state index contributed by atoms with van der Waals surface area (Å²) in [6.07, 6.45) is 1.68. The Labute approximate surface area is 189 Å². The monoisotopic (exact) mass is 437 g/mol. The highest BCUT2D eigenvalue weighted by Crippen LogP contribution is 2.20. The number of amides is 3. The fraction of sp³-hybridized carbons (Fsp3) is 0.400. The first-order valence-corrected chi connectivity index (χ1v) is 10.9. The van der Waals surface area contributed by atoms with Crippen LogP contribution in [0.2, 0.25) is 0 Å². The van der Waals surface area contributed by atoms with E-state index in [1.807, 2.05) is 60.4 Å². The van der Waals surface area contributed by atoms with Gasteiger partial charge in [-0.15, -0.1) is 0 Å². The molecule has 1 aliphatic rings. The lowest BCUT2D eigenvalue weighted by atomic mass is 10.0. The van der Waals surface area contributed by atoms with E-state index in [1.54, 1.807) is 7.11 Å². The van der Waals surface area contributed by atoms with E-state index in [9.17, 15) is 14.4 Å². The van der Waals surface area contributed by atoms with Crippen LogP contribution in [-0.4, -0.2) is 54.9 Å². The zero-order chi connectivity index (χ0) is 23.1. The molecule has 1 unspecified atom stereocenters. The molecule has 1 fully saturated rings. The van der Waals surface area contributed by atoms with E-state index in [2.05, 4.69) is 10.6 Å². The number of ether oxygens (including phenoxy) is 1. The summed E-state index contributed by atoms with van der Waals surface area (Å²) in [4.78, 5) is 39.3. The number of para-hydroxylation sites is 1. The Morgan fingerprint density at radius 3 is 2.47 bits per heavy atom. The number of carbonyl (C=O) groups is 3. The van der Waals surface area contributed by atoms with E-state index in [0.717, 1.165) is 11.1 Å². The Morgan fingerprint density at radius 1 is 1.09 bits per heavy atom. The second-order valence-electron chi connectivity index (χ2n) is 8.21. The van der Waals surface area contributed by atoms with Crippen LogP contribution in [0.1, 0.15) is 41.3 Å². The maximum atomic E-state index is 13.0. The van der Waals surface area contributed by atoms with Crippen LogP contribution in [0.5, 0.6) is 5.75 Å². The van der Waals surface area contributed by atoms with Crippen molar-refractivity contribution in [1.82, 2.24) is 15.5 Å². The van der Waals surface area contributed by atoms with E-state index in [-0.39, 0.29) is 23.8 Å². The molecule has 0 aliphatic carbocycles. The number of hydrogen-bond donors (Lipinski definition) is 2. The highest BCUT2D eigenvalue weighted by Gasteiger charge is 2.28. The molecular formula is C25H31N3O4. The molecular weight excluding hydrogens is 406 g/mol. The Balaban J connectivity index is 1.58. The minimum atomic E-state index is -0.698. The quantitative estimate of drug-likeness (QED) is 0.697. The average Bonchev–Trinajstić information content (AvgIpc) is 2.78. The largest absolute Gasteiger partial charge is 0.496 e. The number of rotatable bonds is 7. The number of piperidine rings is 1. The molecule has 1 atom stereocenters. The van der Waals surface area contributed by atoms with Crippen molar-refractivity contribution in [2.75, 3.05) is 20.2 Å². The van der Waals surface area contributed by atoms with Gasteiger partial charge in [-0.05, 0) is 43.5 Å². The van der Waals surface area contributed by atoms with E-state index < -0.39 is 6.04 Å². The van der Waals surface area contributed by atoms with Crippen molar-refractivity contribution in [2.24, 2.45) is 0 Å². The molecule has 7 nitrogen and oxygen atoms in total. The van der Waals surface area contributed by atoms with Crippen LogP contribution in [0.3, 0.4) is 0 Å². The third kappa shape index (κ3) is 6.09. The molecule has 0 spiro atoms. The summed E-state index contributed by atoms with van der Waals surface area (Å²) in [5.74, 6) is 0.206. The van der Waals surface area contributed by atoms with Gasteiger partial charge in [0, 0.05) is 38.0 Å². The first-order valence-electron chi connectivity index (χ1n) is 10.9. The van der Waals surface area contributed by atoms with Gasteiger partial charge in [0.15, 0.2) is 0 Å². The van der Waals surface area contributed by atoms with Crippen LogP contribution in [0.4, 0.5) is 0 Å². The molecule has 170 valence electrons. The lowest BCUT2D eigenvalue weighted by molar-refractivity contribution is -0.128. The van der Waals surface area contributed by atoms with Crippen molar-refractivity contribution in [3.63, 3.8) is 0 Å². The Hall–Kier alpha value is -3.35. The molecule has 3 amide bonds. The zero-order valence-corrected chi connectivity index (χ0v) is 18.9. The van der Waals surface area contributed by atoms with E-state index >= 15 is 0 Å². The molecule has 32 heavy (non-hydrogen) atoms. The minimum absolute atomic E-state index is 0.0192. The van der Waals surface area contributed by atoms with Gasteiger partial charge in [0.1, 0.15) is 11.8 Å². The number of likely N-dealkylation sites (tertiary alicyclic amines) is 1. The van der Waals surface area contributed by atoms with Crippen molar-refractivity contribution in [3.8, 4) is 5.75 Å². The summed E-state index contributed by atoms with van der Waals surface area (Å²) in [5, 5.41) is 5.81. The number of nitrogens with one attached hydrogen (secondary N) is 2. The molecule has 2 N–H and O–H groups in total. The predicted octanol–water partition coefficient (Wildman–Crippen LogP) is 2.47. The van der Waals surface area contributed by atoms with Gasteiger partial charge in [0.2, 0.25) is 11.8 Å². The Morgan fingerprint density at radius 2 is 1.81 bits per heavy atom. The van der Waals surface area contributed by atoms with Crippen LogP contribution in [0, 0.1) is 6.92 Å². The summed E-state index contributed by atoms with van der Waals surface area (Å²) in [7, 11) is 1.58. The second-order valence-corrected chi connectivity index (χ2v) is 8.21. The smallest absolute Gasteiger partial charge is 0.253 e. The molecule has 1 heterocycles. The van der Waals surface area contributed by atoms with E-state index in [4.69, 9.17) is 4.74 Å². The van der Waals surface area contributed by atoms with Gasteiger partial charge < -0.3 is 20.3 Å². The number of aryl methyl sites for hydroxylation is 1. The predicted molar refractivity (Wildman–Crippen MR) is 123 cm³/mol. The summed E-state index contributed by atoms with van der Waals surface area (Å²) >= 11 is 0. The standard InChI is InChI=1S/C25H31N3O4/c1-17-7-6-9-20(15-17)25(31)28-13-11-21(12-14-28)27-24(30)22(26-18(2)29)16-19-8-4-5-10-23(19)32-3/h4-10,15,21-22H,11-14,16H2,1-3H3,(H,26,29)(H,27,30). The Kier molecular flexibility index (Phi) is 7.87. The number of hydrogen-bond acceptors (Lipinski definition) is 4. The van der Waals surface area contributed by atoms with E-state index in [1.165, 1.54) is 6.92 Å². The molecule has 0 radical (unpaired) electrons. The molecule has 2 aromatic rings. The lowest BCUT2D eigenvalue weighted by Crippen LogP contribution is -2.53. The topological polar surface area (TPSA) is 87.7 Å². The SMILES string of the molecule is COc1ccccc1CC(NC(C)=O)C(=O)NC1CCN(C(=O)c2cccc(C)c2)CC1. The van der Waals surface area contributed by atoms with Gasteiger partial charge in [0.25, 0.3) is 5.91 Å². The van der Waals surface area contributed by atoms with Gasteiger partial charge in [0.05, 0.1) is 7.11 Å². The zero-order valence-electron chi connectivity index (χ0n) is 18.9. The number of methoxy groups -OCH3 is 1. The fourth-order valence-electron chi connectivity index (χ4n) is 4.04. The third-order valence-electron chi connectivity index (χ3n) is 5.70. The summed E-state index contributed by atoms with van der Waals surface area (Å²) in [6, 6.07) is 14.3.